The lowest BCUT2D eigenvalue weighted by atomic mass is 9.91. The maximum Gasteiger partial charge on any atom is 0.235 e. The molecule has 2 aliphatic heterocycles. The molecule has 10 heteroatoms. The van der Waals surface area contributed by atoms with Crippen molar-refractivity contribution in [3.63, 3.8) is 0 Å². The molecule has 1 saturated heterocycles. The van der Waals surface area contributed by atoms with Crippen LogP contribution in [0.4, 0.5) is 5.82 Å². The molecule has 5 rings (SSSR count). The first-order valence-corrected chi connectivity index (χ1v) is 14.0. The predicted octanol–water partition coefficient (Wildman–Crippen LogP) is 3.06. The highest BCUT2D eigenvalue weighted by Crippen LogP contribution is 2.31. The number of fused-ring (bicyclic) bond motifs is 2. The molecule has 38 heavy (non-hydrogen) atoms. The van der Waals surface area contributed by atoms with Crippen LogP contribution >= 0.6 is 11.8 Å². The Hall–Kier alpha value is -2.76. The van der Waals surface area contributed by atoms with Crippen molar-refractivity contribution in [3.05, 3.63) is 53.9 Å². The second-order valence-corrected chi connectivity index (χ2v) is 10.8. The molecule has 0 saturated carbocycles. The summed E-state index contributed by atoms with van der Waals surface area (Å²) in [5.41, 5.74) is 2.97. The standard InChI is InChI=1S/C28H34N4O5S/c1-36-21-12-22-17(3-2-4-23(22)30-14-21)5-7-20-8-9-24(25(37-20)11-19(34)15-33)29-13-18-6-10-26-28(31-18)32-27(35)16-38-26/h2-4,6,10,12,14,19-20,24-25,29,33-34H,5,7-9,11,13,15-16H2,1H3,(H,31,32,35)/t19?,20-,24-,25-/m1/s1. The van der Waals surface area contributed by atoms with Crippen molar-refractivity contribution in [1.29, 1.82) is 0 Å². The van der Waals surface area contributed by atoms with Gasteiger partial charge in [0.05, 0.1) is 60.1 Å². The number of aliphatic hydroxyl groups is 2. The molecule has 1 unspecified atom stereocenters. The quantitative estimate of drug-likeness (QED) is 0.308. The molecule has 4 N–H and O–H groups in total. The average molecular weight is 539 g/mol. The highest BCUT2D eigenvalue weighted by Gasteiger charge is 2.32. The van der Waals surface area contributed by atoms with Gasteiger partial charge in [-0.15, -0.1) is 11.8 Å². The number of carbonyl (C=O) groups excluding carboxylic acids is 1. The fourth-order valence-electron chi connectivity index (χ4n) is 5.15. The topological polar surface area (TPSA) is 126 Å². The van der Waals surface area contributed by atoms with E-state index < -0.39 is 6.10 Å². The van der Waals surface area contributed by atoms with E-state index in [1.54, 1.807) is 13.3 Å². The molecule has 2 aliphatic rings. The van der Waals surface area contributed by atoms with E-state index >= 15 is 0 Å². The number of amides is 1. The van der Waals surface area contributed by atoms with Crippen molar-refractivity contribution in [2.24, 2.45) is 0 Å². The normalized spacial score (nSPS) is 22.1. The molecule has 1 aromatic carbocycles. The Kier molecular flexibility index (Phi) is 8.75. The number of ether oxygens (including phenoxy) is 2. The fraction of sp³-hybridized carbons (Fsp3) is 0.464. The van der Waals surface area contributed by atoms with Crippen molar-refractivity contribution in [3.8, 4) is 5.75 Å². The number of benzene rings is 1. The van der Waals surface area contributed by atoms with Gasteiger partial charge < -0.3 is 30.3 Å². The SMILES string of the molecule is COc1cnc2cccc(CC[C@@H]3CC[C@@H](NCc4ccc5c(n4)NC(=O)CS5)[C@@H](CC(O)CO)O3)c2c1. The molecular formula is C28H34N4O5S. The smallest absolute Gasteiger partial charge is 0.235 e. The number of pyridine rings is 2. The summed E-state index contributed by atoms with van der Waals surface area (Å²) < 4.78 is 11.9. The number of aliphatic hydroxyl groups excluding tert-OH is 2. The number of nitrogens with zero attached hydrogens (tertiary/aromatic N) is 2. The minimum Gasteiger partial charge on any atom is -0.495 e. The summed E-state index contributed by atoms with van der Waals surface area (Å²) in [5.74, 6) is 1.72. The number of hydrogen-bond donors (Lipinski definition) is 4. The molecule has 0 radical (unpaired) electrons. The Bertz CT molecular complexity index is 1280. The van der Waals surface area contributed by atoms with E-state index in [-0.39, 0.29) is 30.8 Å². The van der Waals surface area contributed by atoms with Gasteiger partial charge in [-0.2, -0.15) is 0 Å². The van der Waals surface area contributed by atoms with Crippen LogP contribution in [0.5, 0.6) is 5.75 Å². The summed E-state index contributed by atoms with van der Waals surface area (Å²) in [4.78, 5) is 21.8. The Balaban J connectivity index is 1.22. The van der Waals surface area contributed by atoms with Gasteiger partial charge in [-0.05, 0) is 55.5 Å². The van der Waals surface area contributed by atoms with Gasteiger partial charge >= 0.3 is 0 Å². The number of carbonyl (C=O) groups is 1. The first-order valence-electron chi connectivity index (χ1n) is 13.0. The molecule has 2 aromatic heterocycles. The average Bonchev–Trinajstić information content (AvgIpc) is 2.94. The van der Waals surface area contributed by atoms with Gasteiger partial charge in [0.1, 0.15) is 11.6 Å². The summed E-state index contributed by atoms with van der Waals surface area (Å²) in [6, 6.07) is 12.1. The van der Waals surface area contributed by atoms with Crippen LogP contribution in [0.25, 0.3) is 10.9 Å². The van der Waals surface area contributed by atoms with E-state index in [0.717, 1.165) is 52.9 Å². The zero-order valence-corrected chi connectivity index (χ0v) is 22.2. The van der Waals surface area contributed by atoms with Crippen LogP contribution in [0.15, 0.2) is 47.5 Å². The number of hydrogen-bond acceptors (Lipinski definition) is 9. The summed E-state index contributed by atoms with van der Waals surface area (Å²) in [7, 11) is 1.64. The summed E-state index contributed by atoms with van der Waals surface area (Å²) in [5, 5.41) is 27.1. The molecule has 0 spiro atoms. The van der Waals surface area contributed by atoms with Gasteiger partial charge in [0, 0.05) is 24.4 Å². The van der Waals surface area contributed by atoms with Crippen LogP contribution < -0.4 is 15.4 Å². The lowest BCUT2D eigenvalue weighted by molar-refractivity contribution is -0.113. The van der Waals surface area contributed by atoms with Crippen LogP contribution in [-0.2, 0) is 22.5 Å². The van der Waals surface area contributed by atoms with Crippen molar-refractivity contribution < 1.29 is 24.5 Å². The number of thioether (sulfide) groups is 1. The lowest BCUT2D eigenvalue weighted by Gasteiger charge is -2.38. The van der Waals surface area contributed by atoms with E-state index in [4.69, 9.17) is 9.47 Å². The maximum absolute atomic E-state index is 11.7. The van der Waals surface area contributed by atoms with E-state index in [0.29, 0.717) is 24.5 Å². The lowest BCUT2D eigenvalue weighted by Crippen LogP contribution is -2.48. The molecule has 1 amide bonds. The highest BCUT2D eigenvalue weighted by atomic mass is 32.2. The minimum atomic E-state index is -0.839. The number of aryl methyl sites for hydroxylation is 1. The first-order chi connectivity index (χ1) is 18.5. The van der Waals surface area contributed by atoms with Crippen LogP contribution in [0.3, 0.4) is 0 Å². The van der Waals surface area contributed by atoms with Crippen molar-refractivity contribution in [1.82, 2.24) is 15.3 Å². The minimum absolute atomic E-state index is 0.0141. The van der Waals surface area contributed by atoms with Crippen LogP contribution in [-0.4, -0.2) is 69.9 Å². The Morgan fingerprint density at radius 2 is 2.18 bits per heavy atom. The molecule has 0 aliphatic carbocycles. The third kappa shape index (κ3) is 6.44. The molecule has 202 valence electrons. The van der Waals surface area contributed by atoms with Crippen LogP contribution in [0, 0.1) is 0 Å². The van der Waals surface area contributed by atoms with Crippen molar-refractivity contribution in [2.75, 3.05) is 24.8 Å². The zero-order valence-electron chi connectivity index (χ0n) is 21.4. The molecule has 9 nitrogen and oxygen atoms in total. The van der Waals surface area contributed by atoms with Gasteiger partial charge in [-0.1, -0.05) is 12.1 Å². The summed E-state index contributed by atoms with van der Waals surface area (Å²) in [6.45, 7) is 0.217. The molecular weight excluding hydrogens is 504 g/mol. The molecule has 4 heterocycles. The van der Waals surface area contributed by atoms with Crippen LogP contribution in [0.1, 0.15) is 36.9 Å². The van der Waals surface area contributed by atoms with E-state index in [9.17, 15) is 15.0 Å². The van der Waals surface area contributed by atoms with Crippen molar-refractivity contribution >= 4 is 34.4 Å². The van der Waals surface area contributed by atoms with Gasteiger partial charge in [0.15, 0.2) is 0 Å². The highest BCUT2D eigenvalue weighted by molar-refractivity contribution is 8.00. The van der Waals surface area contributed by atoms with E-state index in [2.05, 4.69) is 26.7 Å². The first kappa shape index (κ1) is 26.8. The van der Waals surface area contributed by atoms with Gasteiger partial charge in [0.2, 0.25) is 5.91 Å². The number of nitrogens with one attached hydrogen (secondary N) is 2. The number of aromatic nitrogens is 2. The molecule has 4 atom stereocenters. The Morgan fingerprint density at radius 1 is 1.29 bits per heavy atom. The maximum atomic E-state index is 11.7. The zero-order chi connectivity index (χ0) is 26.5. The monoisotopic (exact) mass is 538 g/mol. The Morgan fingerprint density at radius 3 is 3.03 bits per heavy atom. The van der Waals surface area contributed by atoms with Gasteiger partial charge in [0.25, 0.3) is 0 Å². The second kappa shape index (κ2) is 12.4. The second-order valence-electron chi connectivity index (χ2n) is 9.82. The summed E-state index contributed by atoms with van der Waals surface area (Å²) in [6.07, 6.45) is 4.51. The Labute approximate surface area is 226 Å². The summed E-state index contributed by atoms with van der Waals surface area (Å²) >= 11 is 1.49. The third-order valence-electron chi connectivity index (χ3n) is 7.17. The molecule has 1 fully saturated rings. The van der Waals surface area contributed by atoms with Gasteiger partial charge in [-0.25, -0.2) is 4.98 Å². The van der Waals surface area contributed by atoms with Crippen LogP contribution in [0.2, 0.25) is 0 Å². The largest absolute Gasteiger partial charge is 0.495 e. The fourth-order valence-corrected chi connectivity index (χ4v) is 5.90. The van der Waals surface area contributed by atoms with E-state index in [1.807, 2.05) is 30.3 Å². The van der Waals surface area contributed by atoms with E-state index in [1.165, 1.54) is 17.3 Å². The third-order valence-corrected chi connectivity index (χ3v) is 8.22. The molecule has 3 aromatic rings. The number of rotatable bonds is 10. The number of methoxy groups -OCH3 is 1. The van der Waals surface area contributed by atoms with Crippen molar-refractivity contribution in [2.45, 2.75) is 67.9 Å². The number of anilines is 1. The molecule has 0 bridgehead atoms. The predicted molar refractivity (Wildman–Crippen MR) is 146 cm³/mol. The van der Waals surface area contributed by atoms with Gasteiger partial charge in [-0.3, -0.25) is 9.78 Å².